The number of methoxy groups -OCH3 is 2. The summed E-state index contributed by atoms with van der Waals surface area (Å²) in [5.74, 6) is 1.29. The first-order chi connectivity index (χ1) is 10.2. The molecule has 110 valence electrons. The van der Waals surface area contributed by atoms with Crippen molar-refractivity contribution in [2.75, 3.05) is 19.5 Å². The van der Waals surface area contributed by atoms with Gasteiger partial charge in [-0.2, -0.15) is 0 Å². The Morgan fingerprint density at radius 3 is 2.48 bits per heavy atom. The fraction of sp³-hybridized carbons (Fsp3) is 0.200. The molecule has 0 saturated carbocycles. The summed E-state index contributed by atoms with van der Waals surface area (Å²) in [6.07, 6.45) is 3.23. The summed E-state index contributed by atoms with van der Waals surface area (Å²) in [7, 11) is 3.16. The number of hydrogen-bond donors (Lipinski definition) is 2. The third-order valence-corrected chi connectivity index (χ3v) is 2.84. The molecule has 0 unspecified atom stereocenters. The molecule has 0 saturated heterocycles. The lowest BCUT2D eigenvalue weighted by atomic mass is 10.2. The molecular formula is C15H17N3O3. The van der Waals surface area contributed by atoms with E-state index in [0.29, 0.717) is 23.7 Å². The number of ether oxygens (including phenoxy) is 2. The number of amides is 2. The molecule has 0 aliphatic rings. The first-order valence-electron chi connectivity index (χ1n) is 6.38. The van der Waals surface area contributed by atoms with E-state index in [1.807, 2.05) is 12.1 Å². The molecule has 0 bridgehead atoms. The number of carbonyl (C=O) groups is 1. The summed E-state index contributed by atoms with van der Waals surface area (Å²) in [4.78, 5) is 15.6. The van der Waals surface area contributed by atoms with Gasteiger partial charge < -0.3 is 20.1 Å². The first kappa shape index (κ1) is 14.6. The van der Waals surface area contributed by atoms with Crippen LogP contribution in [0.1, 0.15) is 5.56 Å². The van der Waals surface area contributed by atoms with Crippen molar-refractivity contribution in [1.82, 2.24) is 10.3 Å². The van der Waals surface area contributed by atoms with Crippen molar-refractivity contribution in [3.8, 4) is 11.5 Å². The Morgan fingerprint density at radius 1 is 1.10 bits per heavy atom. The summed E-state index contributed by atoms with van der Waals surface area (Å²) in [5.41, 5.74) is 1.60. The third-order valence-electron chi connectivity index (χ3n) is 2.84. The maximum Gasteiger partial charge on any atom is 0.319 e. The van der Waals surface area contributed by atoms with Crippen molar-refractivity contribution >= 4 is 11.7 Å². The fourth-order valence-electron chi connectivity index (χ4n) is 1.78. The van der Waals surface area contributed by atoms with Gasteiger partial charge in [0.1, 0.15) is 0 Å². The number of rotatable bonds is 5. The molecule has 2 rings (SSSR count). The van der Waals surface area contributed by atoms with Gasteiger partial charge in [-0.3, -0.25) is 4.98 Å². The van der Waals surface area contributed by atoms with Crippen LogP contribution in [0.5, 0.6) is 11.5 Å². The van der Waals surface area contributed by atoms with Crippen LogP contribution in [0.3, 0.4) is 0 Å². The molecule has 6 heteroatoms. The second kappa shape index (κ2) is 7.14. The average Bonchev–Trinajstić information content (AvgIpc) is 2.53. The number of nitrogens with zero attached hydrogens (tertiary/aromatic N) is 1. The van der Waals surface area contributed by atoms with E-state index in [4.69, 9.17) is 9.47 Å². The Labute approximate surface area is 123 Å². The number of carbonyl (C=O) groups excluding carboxylic acids is 1. The number of nitrogens with one attached hydrogen (secondary N) is 2. The van der Waals surface area contributed by atoms with E-state index >= 15 is 0 Å². The van der Waals surface area contributed by atoms with E-state index in [-0.39, 0.29) is 6.03 Å². The molecule has 0 atom stereocenters. The maximum absolute atomic E-state index is 11.8. The second-order valence-electron chi connectivity index (χ2n) is 4.23. The summed E-state index contributed by atoms with van der Waals surface area (Å²) in [5, 5.41) is 5.49. The van der Waals surface area contributed by atoms with Crippen molar-refractivity contribution in [2.24, 2.45) is 0 Å². The zero-order valence-corrected chi connectivity index (χ0v) is 11.9. The van der Waals surface area contributed by atoms with Gasteiger partial charge in [-0.15, -0.1) is 0 Å². The summed E-state index contributed by atoms with van der Waals surface area (Å²) in [6, 6.07) is 8.65. The molecule has 0 aliphatic heterocycles. The van der Waals surface area contributed by atoms with Crippen LogP contribution in [0.15, 0.2) is 42.7 Å². The predicted molar refractivity (Wildman–Crippen MR) is 79.6 cm³/mol. The number of benzene rings is 1. The first-order valence-corrected chi connectivity index (χ1v) is 6.38. The Balaban J connectivity index is 1.92. The van der Waals surface area contributed by atoms with Crippen LogP contribution in [-0.2, 0) is 6.54 Å². The van der Waals surface area contributed by atoms with Crippen molar-refractivity contribution in [1.29, 1.82) is 0 Å². The smallest absolute Gasteiger partial charge is 0.319 e. The van der Waals surface area contributed by atoms with Crippen molar-refractivity contribution in [2.45, 2.75) is 6.54 Å². The molecule has 1 aromatic carbocycles. The molecule has 0 radical (unpaired) electrons. The molecule has 0 fully saturated rings. The Hall–Kier alpha value is -2.76. The Kier molecular flexibility index (Phi) is 4.98. The van der Waals surface area contributed by atoms with E-state index in [1.54, 1.807) is 44.8 Å². The molecular weight excluding hydrogens is 270 g/mol. The number of anilines is 1. The van der Waals surface area contributed by atoms with Crippen LogP contribution in [0.4, 0.5) is 10.5 Å². The Morgan fingerprint density at radius 2 is 1.81 bits per heavy atom. The lowest BCUT2D eigenvalue weighted by Gasteiger charge is -2.11. The minimum atomic E-state index is -0.281. The molecule has 0 aliphatic carbocycles. The number of aromatic nitrogens is 1. The van der Waals surface area contributed by atoms with Crippen LogP contribution in [0.2, 0.25) is 0 Å². The molecule has 21 heavy (non-hydrogen) atoms. The zero-order valence-electron chi connectivity index (χ0n) is 11.9. The topological polar surface area (TPSA) is 72.5 Å². The van der Waals surface area contributed by atoms with Crippen LogP contribution < -0.4 is 20.1 Å². The summed E-state index contributed by atoms with van der Waals surface area (Å²) in [6.45, 7) is 0.386. The highest BCUT2D eigenvalue weighted by molar-refractivity contribution is 5.89. The van der Waals surface area contributed by atoms with Gasteiger partial charge in [0.2, 0.25) is 0 Å². The molecule has 2 aromatic rings. The van der Waals surface area contributed by atoms with E-state index in [2.05, 4.69) is 15.6 Å². The van der Waals surface area contributed by atoms with Crippen molar-refractivity contribution < 1.29 is 14.3 Å². The molecule has 0 spiro atoms. The van der Waals surface area contributed by atoms with Crippen LogP contribution in [0, 0.1) is 0 Å². The van der Waals surface area contributed by atoms with Gasteiger partial charge >= 0.3 is 6.03 Å². The number of hydrogen-bond acceptors (Lipinski definition) is 4. The van der Waals surface area contributed by atoms with Gasteiger partial charge in [0, 0.05) is 24.6 Å². The summed E-state index contributed by atoms with van der Waals surface area (Å²) < 4.78 is 10.4. The third kappa shape index (κ3) is 4.10. The van der Waals surface area contributed by atoms with Crippen LogP contribution >= 0.6 is 0 Å². The molecule has 2 amide bonds. The van der Waals surface area contributed by atoms with Gasteiger partial charge in [0.25, 0.3) is 0 Å². The lowest BCUT2D eigenvalue weighted by molar-refractivity contribution is 0.251. The Bertz CT molecular complexity index is 602. The monoisotopic (exact) mass is 287 g/mol. The van der Waals surface area contributed by atoms with Crippen LogP contribution in [-0.4, -0.2) is 25.2 Å². The fourth-order valence-corrected chi connectivity index (χ4v) is 1.78. The standard InChI is InChI=1S/C15H17N3O3/c1-20-13-4-3-11(9-14(13)21-2)10-17-15(19)18-12-5-7-16-8-6-12/h3-9H,10H2,1-2H3,(H2,16,17,18,19). The largest absolute Gasteiger partial charge is 0.493 e. The van der Waals surface area contributed by atoms with Gasteiger partial charge in [0.05, 0.1) is 14.2 Å². The predicted octanol–water partition coefficient (Wildman–Crippen LogP) is 2.42. The van der Waals surface area contributed by atoms with E-state index in [9.17, 15) is 4.79 Å². The van der Waals surface area contributed by atoms with Crippen molar-refractivity contribution in [3.05, 3.63) is 48.3 Å². The minimum Gasteiger partial charge on any atom is -0.493 e. The van der Waals surface area contributed by atoms with E-state index in [0.717, 1.165) is 5.56 Å². The normalized spacial score (nSPS) is 9.81. The van der Waals surface area contributed by atoms with E-state index < -0.39 is 0 Å². The zero-order chi connectivity index (χ0) is 15.1. The summed E-state index contributed by atoms with van der Waals surface area (Å²) >= 11 is 0. The van der Waals surface area contributed by atoms with Crippen LogP contribution in [0.25, 0.3) is 0 Å². The highest BCUT2D eigenvalue weighted by Crippen LogP contribution is 2.27. The lowest BCUT2D eigenvalue weighted by Crippen LogP contribution is -2.28. The SMILES string of the molecule is COc1ccc(CNC(=O)Nc2ccncc2)cc1OC. The van der Waals surface area contributed by atoms with Gasteiger partial charge in [0.15, 0.2) is 11.5 Å². The number of pyridine rings is 1. The highest BCUT2D eigenvalue weighted by Gasteiger charge is 2.06. The molecule has 6 nitrogen and oxygen atoms in total. The second-order valence-corrected chi connectivity index (χ2v) is 4.23. The van der Waals surface area contributed by atoms with Gasteiger partial charge in [-0.25, -0.2) is 4.79 Å². The average molecular weight is 287 g/mol. The highest BCUT2D eigenvalue weighted by atomic mass is 16.5. The number of urea groups is 1. The van der Waals surface area contributed by atoms with E-state index in [1.165, 1.54) is 0 Å². The quantitative estimate of drug-likeness (QED) is 0.886. The maximum atomic E-state index is 11.8. The minimum absolute atomic E-state index is 0.281. The van der Waals surface area contributed by atoms with Gasteiger partial charge in [-0.05, 0) is 29.8 Å². The molecule has 2 N–H and O–H groups in total. The molecule has 1 aromatic heterocycles. The molecule has 1 heterocycles. The van der Waals surface area contributed by atoms with Crippen molar-refractivity contribution in [3.63, 3.8) is 0 Å². The van der Waals surface area contributed by atoms with Gasteiger partial charge in [-0.1, -0.05) is 6.07 Å².